The third-order valence-corrected chi connectivity index (χ3v) is 12.4. The number of hydrogen-bond donors (Lipinski definition) is 0. The van der Waals surface area contributed by atoms with Crippen LogP contribution in [-0.2, 0) is 11.8 Å². The van der Waals surface area contributed by atoms with Gasteiger partial charge in [-0.2, -0.15) is 0 Å². The highest BCUT2D eigenvalue weighted by molar-refractivity contribution is 6.09. The normalized spacial score (nSPS) is 18.9. The molecule has 1 unspecified atom stereocenters. The molecule has 256 valence electrons. The number of rotatable bonds is 4. The second-order valence-corrected chi connectivity index (χ2v) is 16.1. The first-order chi connectivity index (χ1) is 25.4. The molecule has 6 aromatic carbocycles. The van der Waals surface area contributed by atoms with Gasteiger partial charge >= 0.3 is 0 Å². The molecule has 2 aliphatic carbocycles. The van der Waals surface area contributed by atoms with E-state index in [1.54, 1.807) is 0 Å². The first-order valence-electron chi connectivity index (χ1n) is 19.4. The van der Waals surface area contributed by atoms with Crippen LogP contribution in [-0.4, -0.2) is 13.1 Å². The highest BCUT2D eigenvalue weighted by atomic mass is 15.2. The molecule has 0 bridgehead atoms. The molecule has 0 N–H and O–H groups in total. The molecule has 52 heavy (non-hydrogen) atoms. The SMILES string of the molecule is CC1C=CC2=C(C1)N(c1ccc3c(c1)C(C)(C)c1cc(C=Cc4ccc5c(ccc6cc(N7CCCc8ccccc87)ccc65)c4)ccc1-3)CCC2. The minimum Gasteiger partial charge on any atom is -0.345 e. The summed E-state index contributed by atoms with van der Waals surface area (Å²) in [6.45, 7) is 9.33. The van der Waals surface area contributed by atoms with E-state index >= 15 is 0 Å². The van der Waals surface area contributed by atoms with Crippen molar-refractivity contribution in [2.75, 3.05) is 22.9 Å². The van der Waals surface area contributed by atoms with Crippen molar-refractivity contribution in [2.45, 2.75) is 58.3 Å². The lowest BCUT2D eigenvalue weighted by molar-refractivity contribution is 0.620. The van der Waals surface area contributed by atoms with E-state index in [1.165, 1.54) is 108 Å². The third kappa shape index (κ3) is 5.14. The molecule has 6 aromatic rings. The van der Waals surface area contributed by atoms with Crippen molar-refractivity contribution >= 4 is 50.8 Å². The Kier molecular flexibility index (Phi) is 7.32. The minimum absolute atomic E-state index is 0.0570. The second-order valence-electron chi connectivity index (χ2n) is 16.1. The molecule has 0 fully saturated rings. The Labute approximate surface area is 308 Å². The Bertz CT molecular complexity index is 2510. The number of para-hydroxylation sites is 1. The van der Waals surface area contributed by atoms with E-state index in [-0.39, 0.29) is 5.41 Å². The smallest absolute Gasteiger partial charge is 0.0443 e. The fourth-order valence-electron chi connectivity index (χ4n) is 9.60. The van der Waals surface area contributed by atoms with E-state index in [2.05, 4.69) is 164 Å². The summed E-state index contributed by atoms with van der Waals surface area (Å²) >= 11 is 0. The molecule has 0 saturated heterocycles. The van der Waals surface area contributed by atoms with Crippen molar-refractivity contribution in [2.24, 2.45) is 5.92 Å². The van der Waals surface area contributed by atoms with E-state index in [9.17, 15) is 0 Å². The lowest BCUT2D eigenvalue weighted by Gasteiger charge is -2.37. The zero-order valence-electron chi connectivity index (χ0n) is 30.6. The fraction of sp³-hybridized carbons (Fsp3) is 0.240. The maximum Gasteiger partial charge on any atom is 0.0443 e. The minimum atomic E-state index is -0.0570. The molecular formula is C50H46N2. The van der Waals surface area contributed by atoms with Crippen LogP contribution >= 0.6 is 0 Å². The van der Waals surface area contributed by atoms with Gasteiger partial charge in [-0.1, -0.05) is 118 Å². The van der Waals surface area contributed by atoms with Gasteiger partial charge in [0.25, 0.3) is 0 Å². The summed E-state index contributed by atoms with van der Waals surface area (Å²) in [6.07, 6.45) is 15.3. The standard InChI is InChI=1S/C50H46N2/c1-33-12-17-37-10-7-27-52(49(37)28-33)41-21-25-45-44-23-16-35(30-46(44)50(2,3)47(45)32-41)14-13-34-15-22-42-38(29-34)18-19-39-31-40(20-24-43(39)42)51-26-6-9-36-8-4-5-11-48(36)51/h4-5,8,11-25,29-33H,6-7,9-10,26-28H2,1-3H3. The van der Waals surface area contributed by atoms with Crippen LogP contribution in [0, 0.1) is 5.92 Å². The van der Waals surface area contributed by atoms with E-state index < -0.39 is 0 Å². The van der Waals surface area contributed by atoms with E-state index in [0.717, 1.165) is 25.9 Å². The number of hydrogen-bond acceptors (Lipinski definition) is 2. The number of anilines is 3. The van der Waals surface area contributed by atoms with Crippen LogP contribution in [0.5, 0.6) is 0 Å². The van der Waals surface area contributed by atoms with E-state index in [0.29, 0.717) is 5.92 Å². The number of allylic oxidation sites excluding steroid dienone is 4. The first-order valence-corrected chi connectivity index (χ1v) is 19.4. The summed E-state index contributed by atoms with van der Waals surface area (Å²) in [6, 6.07) is 41.7. The van der Waals surface area contributed by atoms with Crippen LogP contribution in [0.25, 0.3) is 44.8 Å². The lowest BCUT2D eigenvalue weighted by Crippen LogP contribution is -2.31. The van der Waals surface area contributed by atoms with Gasteiger partial charge in [-0.25, -0.2) is 0 Å². The predicted octanol–water partition coefficient (Wildman–Crippen LogP) is 13.0. The number of aryl methyl sites for hydroxylation is 1. The maximum atomic E-state index is 2.62. The van der Waals surface area contributed by atoms with Crippen LogP contribution in [0.1, 0.15) is 74.3 Å². The van der Waals surface area contributed by atoms with Crippen molar-refractivity contribution in [1.82, 2.24) is 0 Å². The van der Waals surface area contributed by atoms with Gasteiger partial charge in [-0.05, 0) is 140 Å². The van der Waals surface area contributed by atoms with Gasteiger partial charge in [0.1, 0.15) is 0 Å². The highest BCUT2D eigenvalue weighted by Crippen LogP contribution is 2.51. The molecule has 2 aliphatic heterocycles. The molecule has 0 aromatic heterocycles. The average molecular weight is 675 g/mol. The lowest BCUT2D eigenvalue weighted by atomic mass is 9.81. The molecule has 0 amide bonds. The summed E-state index contributed by atoms with van der Waals surface area (Å²) in [5.74, 6) is 0.605. The molecule has 0 saturated carbocycles. The van der Waals surface area contributed by atoms with E-state index in [4.69, 9.17) is 0 Å². The topological polar surface area (TPSA) is 6.48 Å². The fourth-order valence-corrected chi connectivity index (χ4v) is 9.60. The Balaban J connectivity index is 0.914. The zero-order valence-corrected chi connectivity index (χ0v) is 30.6. The quantitative estimate of drug-likeness (QED) is 0.136. The average Bonchev–Trinajstić information content (AvgIpc) is 3.40. The Morgan fingerprint density at radius 1 is 0.635 bits per heavy atom. The van der Waals surface area contributed by atoms with Gasteiger partial charge in [0, 0.05) is 41.3 Å². The van der Waals surface area contributed by atoms with Crippen molar-refractivity contribution in [3.05, 3.63) is 160 Å². The van der Waals surface area contributed by atoms with Crippen molar-refractivity contribution < 1.29 is 0 Å². The van der Waals surface area contributed by atoms with Crippen molar-refractivity contribution in [3.63, 3.8) is 0 Å². The molecule has 2 heteroatoms. The molecule has 4 aliphatic rings. The number of nitrogens with zero attached hydrogens (tertiary/aromatic N) is 2. The summed E-state index contributed by atoms with van der Waals surface area (Å²) < 4.78 is 0. The molecule has 2 nitrogen and oxygen atoms in total. The number of benzene rings is 6. The monoisotopic (exact) mass is 674 g/mol. The zero-order chi connectivity index (χ0) is 35.0. The van der Waals surface area contributed by atoms with Gasteiger partial charge in [-0.15, -0.1) is 0 Å². The van der Waals surface area contributed by atoms with E-state index in [1.807, 2.05) is 0 Å². The van der Waals surface area contributed by atoms with Crippen LogP contribution in [0.15, 0.2) is 133 Å². The van der Waals surface area contributed by atoms with Gasteiger partial charge < -0.3 is 9.80 Å². The molecule has 1 atom stereocenters. The summed E-state index contributed by atoms with van der Waals surface area (Å²) in [7, 11) is 0. The maximum absolute atomic E-state index is 2.62. The largest absolute Gasteiger partial charge is 0.345 e. The predicted molar refractivity (Wildman–Crippen MR) is 223 cm³/mol. The molecule has 2 heterocycles. The van der Waals surface area contributed by atoms with Gasteiger partial charge in [0.15, 0.2) is 0 Å². The molecular weight excluding hydrogens is 629 g/mol. The van der Waals surface area contributed by atoms with Gasteiger partial charge in [0.05, 0.1) is 0 Å². The second kappa shape index (κ2) is 12.1. The van der Waals surface area contributed by atoms with Gasteiger partial charge in [-0.3, -0.25) is 0 Å². The molecule has 0 spiro atoms. The molecule has 0 radical (unpaired) electrons. The van der Waals surface area contributed by atoms with Gasteiger partial charge in [0.2, 0.25) is 0 Å². The van der Waals surface area contributed by atoms with Crippen LogP contribution < -0.4 is 9.80 Å². The summed E-state index contributed by atoms with van der Waals surface area (Å²) in [4.78, 5) is 5.11. The summed E-state index contributed by atoms with van der Waals surface area (Å²) in [5, 5.41) is 5.20. The Morgan fingerprint density at radius 3 is 2.15 bits per heavy atom. The highest BCUT2D eigenvalue weighted by Gasteiger charge is 2.36. The first kappa shape index (κ1) is 31.4. The summed E-state index contributed by atoms with van der Waals surface area (Å²) in [5.41, 5.74) is 16.6. The van der Waals surface area contributed by atoms with Crippen LogP contribution in [0.3, 0.4) is 0 Å². The van der Waals surface area contributed by atoms with Crippen LogP contribution in [0.4, 0.5) is 17.1 Å². The molecule has 10 rings (SSSR count). The van der Waals surface area contributed by atoms with Crippen LogP contribution in [0.2, 0.25) is 0 Å². The third-order valence-electron chi connectivity index (χ3n) is 12.4. The number of fused-ring (bicyclic) bond motifs is 7. The Morgan fingerprint density at radius 2 is 1.29 bits per heavy atom. The Hall–Kier alpha value is -5.34. The van der Waals surface area contributed by atoms with Crippen molar-refractivity contribution in [3.8, 4) is 11.1 Å². The van der Waals surface area contributed by atoms with Crippen molar-refractivity contribution in [1.29, 1.82) is 0 Å².